The maximum Gasteiger partial charge on any atom is 0.239 e. The summed E-state index contributed by atoms with van der Waals surface area (Å²) in [6.07, 6.45) is -0.496. The molecule has 19 heavy (non-hydrogen) atoms. The average molecular weight is 274 g/mol. The van der Waals surface area contributed by atoms with Gasteiger partial charge in [0.25, 0.3) is 0 Å². The summed E-state index contributed by atoms with van der Waals surface area (Å²) in [6.45, 7) is 8.77. The molecule has 1 rings (SSSR count). The van der Waals surface area contributed by atoms with Crippen LogP contribution in [0.3, 0.4) is 0 Å². The number of nitrogens with one attached hydrogen (secondary N) is 1. The normalized spacial score (nSPS) is 19.5. The van der Waals surface area contributed by atoms with Crippen molar-refractivity contribution in [3.8, 4) is 0 Å². The Kier molecular flexibility index (Phi) is 7.30. The minimum Gasteiger partial charge on any atom is -0.389 e. The fourth-order valence-electron chi connectivity index (χ4n) is 1.82. The highest BCUT2D eigenvalue weighted by Crippen LogP contribution is 2.01. The van der Waals surface area contributed by atoms with Gasteiger partial charge in [0.2, 0.25) is 5.91 Å². The van der Waals surface area contributed by atoms with Gasteiger partial charge in [-0.2, -0.15) is 0 Å². The number of aliphatic hydroxyl groups is 1. The first kappa shape index (κ1) is 16.4. The summed E-state index contributed by atoms with van der Waals surface area (Å²) < 4.78 is 10.5. The summed E-state index contributed by atoms with van der Waals surface area (Å²) >= 11 is 0. The molecule has 0 bridgehead atoms. The molecule has 0 aromatic carbocycles. The van der Waals surface area contributed by atoms with Crippen LogP contribution in [0.5, 0.6) is 0 Å². The molecule has 1 saturated heterocycles. The largest absolute Gasteiger partial charge is 0.389 e. The van der Waals surface area contributed by atoms with E-state index in [0.717, 1.165) is 0 Å². The molecule has 6 heteroatoms. The lowest BCUT2D eigenvalue weighted by atomic mass is 10.2. The third kappa shape index (κ3) is 6.33. The summed E-state index contributed by atoms with van der Waals surface area (Å²) in [4.78, 5) is 13.9. The van der Waals surface area contributed by atoms with E-state index < -0.39 is 6.10 Å². The lowest BCUT2D eigenvalue weighted by Crippen LogP contribution is -2.50. The minimum absolute atomic E-state index is 0.0558. The molecule has 1 fully saturated rings. The molecule has 1 aliphatic heterocycles. The summed E-state index contributed by atoms with van der Waals surface area (Å²) in [5.41, 5.74) is 0. The first-order valence-electron chi connectivity index (χ1n) is 6.90. The third-order valence-corrected chi connectivity index (χ3v) is 2.97. The number of ether oxygens (including phenoxy) is 2. The molecule has 2 N–H and O–H groups in total. The molecule has 0 aliphatic carbocycles. The summed E-state index contributed by atoms with van der Waals surface area (Å²) in [7, 11) is 0. The molecule has 112 valence electrons. The van der Waals surface area contributed by atoms with Crippen molar-refractivity contribution >= 4 is 5.91 Å². The number of carbonyl (C=O) groups is 1. The number of hydrogen-bond donors (Lipinski definition) is 2. The van der Waals surface area contributed by atoms with E-state index in [1.807, 2.05) is 20.8 Å². The molecule has 0 saturated carbocycles. The zero-order chi connectivity index (χ0) is 14.3. The molecule has 0 aromatic heterocycles. The van der Waals surface area contributed by atoms with Crippen LogP contribution in [-0.4, -0.2) is 73.6 Å². The second kappa shape index (κ2) is 8.47. The Labute approximate surface area is 115 Å². The first-order chi connectivity index (χ1) is 9.00. The molecule has 1 heterocycles. The summed E-state index contributed by atoms with van der Waals surface area (Å²) in [6, 6.07) is -0.299. The SMILES string of the molecule is CC(C)OCC(O)CNC(C)C(=O)N1CCOCC1. The van der Waals surface area contributed by atoms with E-state index in [1.165, 1.54) is 0 Å². The van der Waals surface area contributed by atoms with Gasteiger partial charge in [0.1, 0.15) is 0 Å². The van der Waals surface area contributed by atoms with E-state index in [-0.39, 0.29) is 24.7 Å². The number of carbonyl (C=O) groups excluding carboxylic acids is 1. The van der Waals surface area contributed by atoms with Gasteiger partial charge < -0.3 is 24.8 Å². The van der Waals surface area contributed by atoms with Crippen molar-refractivity contribution in [2.75, 3.05) is 39.5 Å². The molecule has 1 aliphatic rings. The Bertz CT molecular complexity index is 267. The van der Waals surface area contributed by atoms with Crippen molar-refractivity contribution in [1.82, 2.24) is 10.2 Å². The summed E-state index contributed by atoms with van der Waals surface area (Å²) in [5.74, 6) is 0.0558. The molecule has 2 atom stereocenters. The average Bonchev–Trinajstić information content (AvgIpc) is 2.42. The van der Waals surface area contributed by atoms with Gasteiger partial charge in [0.15, 0.2) is 0 Å². The van der Waals surface area contributed by atoms with E-state index in [4.69, 9.17) is 9.47 Å². The molecule has 6 nitrogen and oxygen atoms in total. The molecule has 0 radical (unpaired) electrons. The Hall–Kier alpha value is -0.690. The number of nitrogens with zero attached hydrogens (tertiary/aromatic N) is 1. The topological polar surface area (TPSA) is 71.0 Å². The van der Waals surface area contributed by atoms with Crippen LogP contribution in [0, 0.1) is 0 Å². The van der Waals surface area contributed by atoms with Crippen LogP contribution in [0.4, 0.5) is 0 Å². The van der Waals surface area contributed by atoms with Gasteiger partial charge in [-0.05, 0) is 20.8 Å². The van der Waals surface area contributed by atoms with Crippen molar-refractivity contribution < 1.29 is 19.4 Å². The standard InChI is InChI=1S/C13H26N2O4/c1-10(2)19-9-12(16)8-14-11(3)13(17)15-4-6-18-7-5-15/h10-12,14,16H,4-9H2,1-3H3. The van der Waals surface area contributed by atoms with Gasteiger partial charge in [0.05, 0.1) is 38.1 Å². The lowest BCUT2D eigenvalue weighted by molar-refractivity contribution is -0.137. The third-order valence-electron chi connectivity index (χ3n) is 2.97. The van der Waals surface area contributed by atoms with Crippen molar-refractivity contribution in [1.29, 1.82) is 0 Å². The lowest BCUT2D eigenvalue weighted by Gasteiger charge is -2.29. The quantitative estimate of drug-likeness (QED) is 0.661. The highest BCUT2D eigenvalue weighted by Gasteiger charge is 2.22. The second-order valence-corrected chi connectivity index (χ2v) is 5.10. The Balaban J connectivity index is 2.21. The summed E-state index contributed by atoms with van der Waals surface area (Å²) in [5, 5.41) is 12.7. The van der Waals surface area contributed by atoms with Crippen LogP contribution in [0.25, 0.3) is 0 Å². The fourth-order valence-corrected chi connectivity index (χ4v) is 1.82. The molecule has 2 unspecified atom stereocenters. The van der Waals surface area contributed by atoms with Crippen LogP contribution in [-0.2, 0) is 14.3 Å². The molecule has 1 amide bonds. The highest BCUT2D eigenvalue weighted by molar-refractivity contribution is 5.81. The van der Waals surface area contributed by atoms with Crippen LogP contribution in [0.1, 0.15) is 20.8 Å². The van der Waals surface area contributed by atoms with E-state index in [0.29, 0.717) is 32.8 Å². The molecular weight excluding hydrogens is 248 g/mol. The van der Waals surface area contributed by atoms with E-state index in [9.17, 15) is 9.90 Å². The van der Waals surface area contributed by atoms with E-state index >= 15 is 0 Å². The number of aliphatic hydroxyl groups excluding tert-OH is 1. The molecular formula is C13H26N2O4. The Morgan fingerprint density at radius 1 is 1.37 bits per heavy atom. The highest BCUT2D eigenvalue weighted by atomic mass is 16.5. The van der Waals surface area contributed by atoms with Crippen LogP contribution in [0.2, 0.25) is 0 Å². The molecule has 0 aromatic rings. The van der Waals surface area contributed by atoms with Crippen molar-refractivity contribution in [2.45, 2.75) is 39.0 Å². The van der Waals surface area contributed by atoms with E-state index in [2.05, 4.69) is 5.32 Å². The first-order valence-corrected chi connectivity index (χ1v) is 6.90. The predicted octanol–water partition coefficient (Wildman–Crippen LogP) is -0.391. The zero-order valence-corrected chi connectivity index (χ0v) is 12.1. The van der Waals surface area contributed by atoms with Crippen molar-refractivity contribution in [2.24, 2.45) is 0 Å². The Morgan fingerprint density at radius 2 is 2.00 bits per heavy atom. The van der Waals surface area contributed by atoms with Gasteiger partial charge in [-0.1, -0.05) is 0 Å². The number of rotatable bonds is 7. The van der Waals surface area contributed by atoms with Gasteiger partial charge in [-0.25, -0.2) is 0 Å². The van der Waals surface area contributed by atoms with Crippen LogP contribution < -0.4 is 5.32 Å². The van der Waals surface area contributed by atoms with Gasteiger partial charge in [-0.15, -0.1) is 0 Å². The van der Waals surface area contributed by atoms with Crippen molar-refractivity contribution in [3.05, 3.63) is 0 Å². The Morgan fingerprint density at radius 3 is 2.58 bits per heavy atom. The monoisotopic (exact) mass is 274 g/mol. The molecule has 0 spiro atoms. The van der Waals surface area contributed by atoms with Gasteiger partial charge in [-0.3, -0.25) is 4.79 Å². The smallest absolute Gasteiger partial charge is 0.239 e. The maximum atomic E-state index is 12.1. The van der Waals surface area contributed by atoms with Gasteiger partial charge in [0, 0.05) is 19.6 Å². The number of hydrogen-bond acceptors (Lipinski definition) is 5. The number of amides is 1. The minimum atomic E-state index is -0.595. The van der Waals surface area contributed by atoms with Gasteiger partial charge >= 0.3 is 0 Å². The number of morpholine rings is 1. The van der Waals surface area contributed by atoms with Crippen molar-refractivity contribution in [3.63, 3.8) is 0 Å². The fraction of sp³-hybridized carbons (Fsp3) is 0.923. The second-order valence-electron chi connectivity index (χ2n) is 5.10. The van der Waals surface area contributed by atoms with E-state index in [1.54, 1.807) is 4.90 Å². The van der Waals surface area contributed by atoms with Crippen LogP contribution >= 0.6 is 0 Å². The maximum absolute atomic E-state index is 12.1. The zero-order valence-electron chi connectivity index (χ0n) is 12.1. The predicted molar refractivity (Wildman–Crippen MR) is 72.0 cm³/mol. The van der Waals surface area contributed by atoms with Crippen LogP contribution in [0.15, 0.2) is 0 Å².